The summed E-state index contributed by atoms with van der Waals surface area (Å²) in [6.45, 7) is 7.06. The van der Waals surface area contributed by atoms with Crippen LogP contribution in [-0.2, 0) is 13.1 Å². The van der Waals surface area contributed by atoms with Crippen LogP contribution >= 0.6 is 23.1 Å². The molecule has 10 heteroatoms. The van der Waals surface area contributed by atoms with Crippen LogP contribution in [0, 0.1) is 6.92 Å². The van der Waals surface area contributed by atoms with Crippen molar-refractivity contribution in [1.29, 1.82) is 0 Å². The third-order valence-corrected chi connectivity index (χ3v) is 4.98. The van der Waals surface area contributed by atoms with E-state index >= 15 is 0 Å². The maximum Gasteiger partial charge on any atom is 0.230 e. The number of aromatic nitrogens is 4. The van der Waals surface area contributed by atoms with Gasteiger partial charge in [0.25, 0.3) is 0 Å². The second-order valence-corrected chi connectivity index (χ2v) is 6.96. The Labute approximate surface area is 143 Å². The molecule has 1 aliphatic heterocycles. The van der Waals surface area contributed by atoms with E-state index in [0.29, 0.717) is 35.8 Å². The average Bonchev–Trinajstić information content (AvgIpc) is 3.20. The van der Waals surface area contributed by atoms with Gasteiger partial charge in [0, 0.05) is 38.1 Å². The fourth-order valence-electron chi connectivity index (χ4n) is 2.88. The van der Waals surface area contributed by atoms with Crippen LogP contribution in [0.4, 0.5) is 0 Å². The van der Waals surface area contributed by atoms with Crippen molar-refractivity contribution in [1.82, 2.24) is 29.6 Å². The molecule has 8 nitrogen and oxygen atoms in total. The van der Waals surface area contributed by atoms with Gasteiger partial charge >= 0.3 is 0 Å². The number of β-amino-alcohol motifs (C(OH)–C–C–N with tert-alkyl or cyclic N) is 1. The number of likely N-dealkylation sites (N-methyl/N-ethyl adjacent to an activating group) is 1. The number of aryl methyl sites for hydroxylation is 1. The van der Waals surface area contributed by atoms with Gasteiger partial charge in [-0.1, -0.05) is 23.0 Å². The highest BCUT2D eigenvalue weighted by Crippen LogP contribution is 2.23. The quantitative estimate of drug-likeness (QED) is 0.816. The predicted molar refractivity (Wildman–Crippen MR) is 85.1 cm³/mol. The van der Waals surface area contributed by atoms with Gasteiger partial charge in [0.2, 0.25) is 11.8 Å². The van der Waals surface area contributed by atoms with E-state index in [-0.39, 0.29) is 6.04 Å². The van der Waals surface area contributed by atoms with Crippen LogP contribution < -0.4 is 0 Å². The molecular weight excluding hydrogens is 340 g/mol. The lowest BCUT2D eigenvalue weighted by molar-refractivity contribution is 0.0760. The van der Waals surface area contributed by atoms with Crippen molar-refractivity contribution in [2.45, 2.75) is 39.1 Å². The molecule has 3 rings (SSSR count). The van der Waals surface area contributed by atoms with Crippen molar-refractivity contribution in [2.75, 3.05) is 19.6 Å². The number of aliphatic hydroxyl groups excluding tert-OH is 1. The van der Waals surface area contributed by atoms with E-state index in [4.69, 9.17) is 16.0 Å². The number of aliphatic hydroxyl groups is 1. The molecule has 2 aromatic heterocycles. The summed E-state index contributed by atoms with van der Waals surface area (Å²) in [6, 6.07) is 0.0116. The molecule has 1 aliphatic rings. The summed E-state index contributed by atoms with van der Waals surface area (Å²) in [4.78, 5) is 4.29. The zero-order valence-corrected chi connectivity index (χ0v) is 14.6. The summed E-state index contributed by atoms with van der Waals surface area (Å²) in [5, 5.41) is 22.3. The maximum absolute atomic E-state index is 10.4. The first-order valence-corrected chi connectivity index (χ1v) is 8.62. The van der Waals surface area contributed by atoms with E-state index in [2.05, 4.69) is 36.5 Å². The number of likely N-dealkylation sites (tertiary alicyclic amines) is 1. The summed E-state index contributed by atoms with van der Waals surface area (Å²) in [5.74, 6) is 1.12. The van der Waals surface area contributed by atoms with Gasteiger partial charge in [0.15, 0.2) is 0 Å². The smallest absolute Gasteiger partial charge is 0.230 e. The van der Waals surface area contributed by atoms with E-state index in [1.165, 1.54) is 11.5 Å². The Morgan fingerprint density at radius 1 is 1.39 bits per heavy atom. The molecule has 0 amide bonds. The Morgan fingerprint density at radius 3 is 2.83 bits per heavy atom. The molecule has 0 saturated carbocycles. The largest absolute Gasteiger partial charge is 0.424 e. The first-order chi connectivity index (χ1) is 11.1. The van der Waals surface area contributed by atoms with Crippen molar-refractivity contribution in [2.24, 2.45) is 0 Å². The molecule has 1 unspecified atom stereocenters. The Hall–Kier alpha value is -1.13. The predicted octanol–water partition coefficient (Wildman–Crippen LogP) is 0.950. The van der Waals surface area contributed by atoms with Gasteiger partial charge in [-0.2, -0.15) is 0 Å². The minimum absolute atomic E-state index is 0.0116. The highest BCUT2D eigenvalue weighted by molar-refractivity contribution is 7.10. The molecule has 0 spiro atoms. The minimum atomic E-state index is -0.440. The lowest BCUT2D eigenvalue weighted by Gasteiger charge is -2.28. The number of hydrogen-bond donors (Lipinski definition) is 1. The van der Waals surface area contributed by atoms with E-state index in [9.17, 15) is 5.11 Å². The summed E-state index contributed by atoms with van der Waals surface area (Å²) in [6.07, 6.45) is -0.440. The zero-order chi connectivity index (χ0) is 16.4. The SMILES string of the molecule is CCN(Cc1nnc(C)o1)C1CN(Cc2nnsc2Cl)C[C@H]1O. The minimum Gasteiger partial charge on any atom is -0.424 e. The molecule has 0 radical (unpaired) electrons. The van der Waals surface area contributed by atoms with Crippen LogP contribution in [0.2, 0.25) is 4.34 Å². The van der Waals surface area contributed by atoms with Crippen molar-refractivity contribution in [3.05, 3.63) is 21.8 Å². The molecule has 23 heavy (non-hydrogen) atoms. The zero-order valence-electron chi connectivity index (χ0n) is 13.0. The standard InChI is InChI=1S/C13H19ClN6O2S/c1-3-20(7-12-17-15-8(2)22-12)10-5-19(6-11(10)21)4-9-13(14)23-18-16-9/h10-11,21H,3-7H2,1-2H3/t10?,11-/m1/s1. The molecule has 1 N–H and O–H groups in total. The topological polar surface area (TPSA) is 91.4 Å². The third kappa shape index (κ3) is 3.86. The number of rotatable bonds is 6. The van der Waals surface area contributed by atoms with E-state index in [1.807, 2.05) is 0 Å². The second kappa shape index (κ2) is 7.18. The van der Waals surface area contributed by atoms with Gasteiger partial charge in [-0.25, -0.2) is 0 Å². The molecule has 0 aliphatic carbocycles. The van der Waals surface area contributed by atoms with Crippen LogP contribution in [0.3, 0.4) is 0 Å². The maximum atomic E-state index is 10.4. The molecule has 126 valence electrons. The van der Waals surface area contributed by atoms with Gasteiger partial charge < -0.3 is 9.52 Å². The Bertz CT molecular complexity index is 650. The molecular formula is C13H19ClN6O2S. The fourth-order valence-corrected chi connectivity index (χ4v) is 3.49. The normalized spacial score (nSPS) is 22.3. The van der Waals surface area contributed by atoms with Gasteiger partial charge in [0.1, 0.15) is 10.0 Å². The van der Waals surface area contributed by atoms with Gasteiger partial charge in [-0.05, 0) is 6.54 Å². The van der Waals surface area contributed by atoms with Gasteiger partial charge in [-0.15, -0.1) is 15.3 Å². The van der Waals surface area contributed by atoms with Gasteiger partial charge in [-0.3, -0.25) is 9.80 Å². The van der Waals surface area contributed by atoms with Crippen LogP contribution in [-0.4, -0.2) is 66.5 Å². The van der Waals surface area contributed by atoms with E-state index in [0.717, 1.165) is 18.8 Å². The van der Waals surface area contributed by atoms with Gasteiger partial charge in [0.05, 0.1) is 18.7 Å². The third-order valence-electron chi connectivity index (χ3n) is 4.00. The average molecular weight is 359 g/mol. The molecule has 2 aromatic rings. The monoisotopic (exact) mass is 358 g/mol. The lowest BCUT2D eigenvalue weighted by Crippen LogP contribution is -2.42. The van der Waals surface area contributed by atoms with Crippen LogP contribution in [0.1, 0.15) is 24.4 Å². The first kappa shape index (κ1) is 16.7. The molecule has 0 bridgehead atoms. The van der Waals surface area contributed by atoms with Crippen molar-refractivity contribution in [3.8, 4) is 0 Å². The van der Waals surface area contributed by atoms with E-state index < -0.39 is 6.10 Å². The first-order valence-electron chi connectivity index (χ1n) is 7.47. The highest BCUT2D eigenvalue weighted by Gasteiger charge is 2.36. The Morgan fingerprint density at radius 2 is 2.22 bits per heavy atom. The molecule has 0 aromatic carbocycles. The fraction of sp³-hybridized carbons (Fsp3) is 0.692. The molecule has 3 heterocycles. The van der Waals surface area contributed by atoms with E-state index in [1.54, 1.807) is 6.92 Å². The summed E-state index contributed by atoms with van der Waals surface area (Å²) in [5.41, 5.74) is 0.764. The molecule has 1 saturated heterocycles. The van der Waals surface area contributed by atoms with Crippen molar-refractivity contribution < 1.29 is 9.52 Å². The van der Waals surface area contributed by atoms with Crippen molar-refractivity contribution in [3.63, 3.8) is 0 Å². The number of halogens is 1. The number of hydrogen-bond acceptors (Lipinski definition) is 9. The summed E-state index contributed by atoms with van der Waals surface area (Å²) >= 11 is 7.24. The lowest BCUT2D eigenvalue weighted by atomic mass is 10.2. The Kier molecular flexibility index (Phi) is 5.22. The Balaban J connectivity index is 1.63. The van der Waals surface area contributed by atoms with Crippen LogP contribution in [0.5, 0.6) is 0 Å². The van der Waals surface area contributed by atoms with Crippen molar-refractivity contribution >= 4 is 23.1 Å². The highest BCUT2D eigenvalue weighted by atomic mass is 35.5. The second-order valence-electron chi connectivity index (χ2n) is 5.60. The number of nitrogens with zero attached hydrogens (tertiary/aromatic N) is 6. The molecule has 2 atom stereocenters. The van der Waals surface area contributed by atoms with Crippen LogP contribution in [0.15, 0.2) is 4.42 Å². The summed E-state index contributed by atoms with van der Waals surface area (Å²) < 4.78 is 9.90. The van der Waals surface area contributed by atoms with Crippen LogP contribution in [0.25, 0.3) is 0 Å². The molecule has 1 fully saturated rings. The summed E-state index contributed by atoms with van der Waals surface area (Å²) in [7, 11) is 0.